The van der Waals surface area contributed by atoms with Crippen molar-refractivity contribution in [3.8, 4) is 11.3 Å². The van der Waals surface area contributed by atoms with E-state index in [-0.39, 0.29) is 22.8 Å². The van der Waals surface area contributed by atoms with Gasteiger partial charge in [-0.1, -0.05) is 30.3 Å². The molecule has 0 bridgehead atoms. The Labute approximate surface area is 199 Å². The van der Waals surface area contributed by atoms with Crippen molar-refractivity contribution < 1.29 is 9.18 Å². The van der Waals surface area contributed by atoms with Gasteiger partial charge in [0.2, 0.25) is 0 Å². The molecule has 9 heteroatoms. The van der Waals surface area contributed by atoms with Crippen molar-refractivity contribution in [2.75, 3.05) is 31.1 Å². The van der Waals surface area contributed by atoms with Crippen molar-refractivity contribution in [1.29, 1.82) is 0 Å². The van der Waals surface area contributed by atoms with E-state index in [1.54, 1.807) is 36.4 Å². The van der Waals surface area contributed by atoms with Crippen molar-refractivity contribution in [3.63, 3.8) is 0 Å². The number of carbonyl (C=O) groups excluding carboxylic acids is 1. The smallest absolute Gasteiger partial charge is 0.281 e. The lowest BCUT2D eigenvalue weighted by Crippen LogP contribution is -2.48. The number of nitrogens with zero attached hydrogens (tertiary/aromatic N) is 5. The van der Waals surface area contributed by atoms with Gasteiger partial charge in [-0.3, -0.25) is 9.59 Å². The SMILES string of the molecule is O=C(c1ccc2c(=O)nc3c(-c4ccccc4F)n[nH]n3c2c1)N1CCN(c2ccccc2)CC1. The number of para-hydroxylation sites is 1. The molecule has 0 atom stereocenters. The molecule has 0 saturated carbocycles. The van der Waals surface area contributed by atoms with Crippen LogP contribution in [0.2, 0.25) is 0 Å². The molecule has 1 aliphatic heterocycles. The monoisotopic (exact) mass is 468 g/mol. The molecule has 0 aliphatic carbocycles. The maximum absolute atomic E-state index is 14.4. The zero-order chi connectivity index (χ0) is 23.9. The number of piperazine rings is 1. The predicted octanol–water partition coefficient (Wildman–Crippen LogP) is 3.34. The van der Waals surface area contributed by atoms with Crippen LogP contribution in [0.1, 0.15) is 10.4 Å². The Bertz CT molecular complexity index is 1620. The van der Waals surface area contributed by atoms with Gasteiger partial charge in [-0.2, -0.15) is 10.1 Å². The first kappa shape index (κ1) is 21.0. The lowest BCUT2D eigenvalue weighted by molar-refractivity contribution is 0.0747. The van der Waals surface area contributed by atoms with Crippen LogP contribution in [-0.4, -0.2) is 56.8 Å². The lowest BCUT2D eigenvalue weighted by Gasteiger charge is -2.36. The third kappa shape index (κ3) is 3.61. The van der Waals surface area contributed by atoms with Gasteiger partial charge in [0.25, 0.3) is 11.5 Å². The molecule has 1 amide bonds. The van der Waals surface area contributed by atoms with Gasteiger partial charge in [-0.15, -0.1) is 0 Å². The van der Waals surface area contributed by atoms with E-state index in [0.29, 0.717) is 29.6 Å². The van der Waals surface area contributed by atoms with Crippen LogP contribution in [0.3, 0.4) is 0 Å². The van der Waals surface area contributed by atoms with Crippen LogP contribution in [0.15, 0.2) is 77.6 Å². The summed E-state index contributed by atoms with van der Waals surface area (Å²) in [6, 6.07) is 21.2. The molecule has 1 N–H and O–H groups in total. The van der Waals surface area contributed by atoms with E-state index in [9.17, 15) is 14.0 Å². The number of nitrogens with one attached hydrogen (secondary N) is 1. The largest absolute Gasteiger partial charge is 0.368 e. The molecule has 0 radical (unpaired) electrons. The number of amides is 1. The highest BCUT2D eigenvalue weighted by Crippen LogP contribution is 2.25. The molecule has 0 spiro atoms. The summed E-state index contributed by atoms with van der Waals surface area (Å²) in [6.07, 6.45) is 0. The summed E-state index contributed by atoms with van der Waals surface area (Å²) in [4.78, 5) is 34.3. The van der Waals surface area contributed by atoms with Gasteiger partial charge in [0.05, 0.1) is 10.9 Å². The molecular formula is C26H21FN6O2. The molecule has 8 nitrogen and oxygen atoms in total. The number of hydrogen-bond donors (Lipinski definition) is 1. The summed E-state index contributed by atoms with van der Waals surface area (Å²) >= 11 is 0. The van der Waals surface area contributed by atoms with Crippen LogP contribution in [0.25, 0.3) is 27.8 Å². The fourth-order valence-electron chi connectivity index (χ4n) is 4.58. The van der Waals surface area contributed by atoms with Crippen LogP contribution < -0.4 is 10.5 Å². The average molecular weight is 468 g/mol. The molecule has 174 valence electrons. The molecule has 1 fully saturated rings. The second-order valence-electron chi connectivity index (χ2n) is 8.46. The number of carbonyl (C=O) groups is 1. The molecule has 0 unspecified atom stereocenters. The van der Waals surface area contributed by atoms with Crippen LogP contribution in [0.4, 0.5) is 10.1 Å². The molecule has 5 aromatic rings. The van der Waals surface area contributed by atoms with Crippen LogP contribution in [0.5, 0.6) is 0 Å². The van der Waals surface area contributed by atoms with Gasteiger partial charge in [0.15, 0.2) is 5.65 Å². The topological polar surface area (TPSA) is 86.6 Å². The Morgan fingerprint density at radius 2 is 1.66 bits per heavy atom. The van der Waals surface area contributed by atoms with Gasteiger partial charge >= 0.3 is 0 Å². The Morgan fingerprint density at radius 3 is 2.43 bits per heavy atom. The van der Waals surface area contributed by atoms with Gasteiger partial charge in [0, 0.05) is 43.0 Å². The first-order valence-corrected chi connectivity index (χ1v) is 11.4. The maximum atomic E-state index is 14.4. The predicted molar refractivity (Wildman–Crippen MR) is 131 cm³/mol. The van der Waals surface area contributed by atoms with Crippen molar-refractivity contribution in [3.05, 3.63) is 94.5 Å². The minimum atomic E-state index is -0.464. The summed E-state index contributed by atoms with van der Waals surface area (Å²) in [5, 5.41) is 7.38. The minimum Gasteiger partial charge on any atom is -0.368 e. The zero-order valence-corrected chi connectivity index (χ0v) is 18.7. The summed E-state index contributed by atoms with van der Waals surface area (Å²) in [7, 11) is 0. The van der Waals surface area contributed by atoms with E-state index in [1.165, 1.54) is 10.6 Å². The first-order valence-electron chi connectivity index (χ1n) is 11.4. The number of anilines is 1. The molecule has 1 aliphatic rings. The molecule has 3 aromatic carbocycles. The quantitative estimate of drug-likeness (QED) is 0.439. The number of aromatic amines is 1. The zero-order valence-electron chi connectivity index (χ0n) is 18.7. The number of H-pyrrole nitrogens is 1. The standard InChI is InChI=1S/C26H21FN6O2/c27-21-9-5-4-8-19(21)23-24-28-25(34)20-11-10-17(16-22(20)33(24)30-29-23)26(35)32-14-12-31(13-15-32)18-6-2-1-3-7-18/h1-11,16,30H,12-15H2. The summed E-state index contributed by atoms with van der Waals surface area (Å²) in [5.41, 5.74) is 2.28. The van der Waals surface area contributed by atoms with Gasteiger partial charge in [-0.25, -0.2) is 14.1 Å². The number of fused-ring (bicyclic) bond motifs is 3. The molecule has 6 rings (SSSR count). The van der Waals surface area contributed by atoms with Crippen LogP contribution in [0, 0.1) is 5.82 Å². The van der Waals surface area contributed by atoms with Crippen molar-refractivity contribution in [2.45, 2.75) is 0 Å². The Kier molecular flexibility index (Phi) is 5.02. The first-order chi connectivity index (χ1) is 17.1. The number of rotatable bonds is 3. The number of halogens is 1. The Morgan fingerprint density at radius 1 is 0.914 bits per heavy atom. The summed E-state index contributed by atoms with van der Waals surface area (Å²) in [6.45, 7) is 2.67. The Hall–Kier alpha value is -4.53. The van der Waals surface area contributed by atoms with E-state index in [1.807, 2.05) is 23.1 Å². The van der Waals surface area contributed by atoms with Crippen LogP contribution >= 0.6 is 0 Å². The third-order valence-electron chi connectivity index (χ3n) is 6.43. The van der Waals surface area contributed by atoms with Crippen molar-refractivity contribution >= 4 is 28.1 Å². The third-order valence-corrected chi connectivity index (χ3v) is 6.43. The maximum Gasteiger partial charge on any atom is 0.281 e. The van der Waals surface area contributed by atoms with E-state index in [4.69, 9.17) is 0 Å². The fourth-order valence-corrected chi connectivity index (χ4v) is 4.58. The minimum absolute atomic E-state index is 0.105. The molecule has 1 saturated heterocycles. The van der Waals surface area contributed by atoms with Gasteiger partial charge < -0.3 is 9.80 Å². The normalized spacial score (nSPS) is 14.1. The van der Waals surface area contributed by atoms with Crippen LogP contribution in [-0.2, 0) is 0 Å². The molecule has 35 heavy (non-hydrogen) atoms. The van der Waals surface area contributed by atoms with E-state index in [0.717, 1.165) is 18.8 Å². The van der Waals surface area contributed by atoms with Gasteiger partial charge in [-0.05, 0) is 42.5 Å². The summed E-state index contributed by atoms with van der Waals surface area (Å²) in [5.74, 6) is -0.569. The highest BCUT2D eigenvalue weighted by Gasteiger charge is 2.23. The number of hydrogen-bond acceptors (Lipinski definition) is 5. The highest BCUT2D eigenvalue weighted by atomic mass is 19.1. The second kappa shape index (κ2) is 8.35. The van der Waals surface area contributed by atoms with Crippen molar-refractivity contribution in [2.24, 2.45) is 0 Å². The van der Waals surface area contributed by atoms with E-state index >= 15 is 0 Å². The Balaban J connectivity index is 1.34. The summed E-state index contributed by atoms with van der Waals surface area (Å²) < 4.78 is 15.9. The lowest BCUT2D eigenvalue weighted by atomic mass is 10.1. The van der Waals surface area contributed by atoms with Crippen molar-refractivity contribution in [1.82, 2.24) is 24.7 Å². The average Bonchev–Trinajstić information content (AvgIpc) is 3.32. The van der Waals surface area contributed by atoms with Gasteiger partial charge in [0.1, 0.15) is 11.5 Å². The second-order valence-corrected chi connectivity index (χ2v) is 8.46. The molecule has 2 aromatic heterocycles. The molecular weight excluding hydrogens is 447 g/mol. The number of aromatic nitrogens is 4. The van der Waals surface area contributed by atoms with E-state index in [2.05, 4.69) is 32.3 Å². The highest BCUT2D eigenvalue weighted by molar-refractivity contribution is 5.98. The van der Waals surface area contributed by atoms with E-state index < -0.39 is 11.4 Å². The number of benzene rings is 3. The molecule has 3 heterocycles. The fraction of sp³-hybridized carbons (Fsp3) is 0.154.